The normalized spacial score (nSPS) is 9.79. The summed E-state index contributed by atoms with van der Waals surface area (Å²) in [6, 6.07) is 7.21. The van der Waals surface area contributed by atoms with Crippen molar-refractivity contribution in [1.82, 2.24) is 5.32 Å². The topological polar surface area (TPSA) is 55.1 Å². The number of carbonyl (C=O) groups excluding carboxylic acids is 1. The smallest absolute Gasteiger partial charge is 0.312 e. The van der Waals surface area contributed by atoms with E-state index in [2.05, 4.69) is 5.32 Å². The molecule has 0 aliphatic heterocycles. The van der Waals surface area contributed by atoms with Crippen LogP contribution >= 0.6 is 11.6 Å². The Bertz CT molecular complexity index is 297. The van der Waals surface area contributed by atoms with Gasteiger partial charge in [-0.05, 0) is 30.5 Å². The number of hydrogen-bond donors (Lipinski definition) is 2. The average molecular weight is 213 g/mol. The number of hydrogen-bond acceptors (Lipinski definition) is 1. The molecule has 0 saturated heterocycles. The van der Waals surface area contributed by atoms with Crippen molar-refractivity contribution in [2.75, 3.05) is 6.54 Å². The molecule has 4 heteroatoms. The first-order valence-corrected chi connectivity index (χ1v) is 4.84. The molecule has 3 nitrogen and oxygen atoms in total. The van der Waals surface area contributed by atoms with Crippen molar-refractivity contribution < 1.29 is 4.79 Å². The summed E-state index contributed by atoms with van der Waals surface area (Å²) in [7, 11) is 0. The van der Waals surface area contributed by atoms with Gasteiger partial charge in [-0.3, -0.25) is 0 Å². The van der Waals surface area contributed by atoms with Gasteiger partial charge in [0.15, 0.2) is 0 Å². The fourth-order valence-electron chi connectivity index (χ4n) is 1.16. The van der Waals surface area contributed by atoms with E-state index in [1.807, 2.05) is 24.3 Å². The molecular weight excluding hydrogens is 200 g/mol. The number of rotatable bonds is 4. The highest BCUT2D eigenvalue weighted by atomic mass is 35.5. The second-order valence-electron chi connectivity index (χ2n) is 3.02. The lowest BCUT2D eigenvalue weighted by molar-refractivity contribution is 0.249. The van der Waals surface area contributed by atoms with Gasteiger partial charge in [-0.2, -0.15) is 0 Å². The summed E-state index contributed by atoms with van der Waals surface area (Å²) in [6.07, 6.45) is 1.79. The number of nitrogens with two attached hydrogens (primary N) is 1. The first kappa shape index (κ1) is 10.9. The van der Waals surface area contributed by atoms with E-state index < -0.39 is 6.03 Å². The summed E-state index contributed by atoms with van der Waals surface area (Å²) >= 11 is 5.74. The highest BCUT2D eigenvalue weighted by Crippen LogP contribution is 2.10. The van der Waals surface area contributed by atoms with Gasteiger partial charge >= 0.3 is 6.03 Å². The van der Waals surface area contributed by atoms with Gasteiger partial charge in [0.2, 0.25) is 0 Å². The van der Waals surface area contributed by atoms with Crippen molar-refractivity contribution in [3.63, 3.8) is 0 Å². The van der Waals surface area contributed by atoms with Crippen LogP contribution in [0.2, 0.25) is 5.02 Å². The molecule has 0 aliphatic carbocycles. The Balaban J connectivity index is 2.25. The molecule has 0 unspecified atom stereocenters. The molecule has 0 aliphatic rings. The van der Waals surface area contributed by atoms with Crippen LogP contribution < -0.4 is 11.1 Å². The van der Waals surface area contributed by atoms with Gasteiger partial charge in [-0.25, -0.2) is 4.79 Å². The molecule has 0 spiro atoms. The van der Waals surface area contributed by atoms with Crippen molar-refractivity contribution >= 4 is 17.6 Å². The standard InChI is InChI=1S/C10H13ClN2O/c11-9-5-3-8(4-6-9)2-1-7-13-10(12)14/h3-6H,1-2,7H2,(H3,12,13,14). The molecule has 1 rings (SSSR count). The van der Waals surface area contributed by atoms with Crippen LogP contribution in [0.1, 0.15) is 12.0 Å². The fraction of sp³-hybridized carbons (Fsp3) is 0.300. The largest absolute Gasteiger partial charge is 0.352 e. The van der Waals surface area contributed by atoms with E-state index in [1.54, 1.807) is 0 Å². The Kier molecular flexibility index (Phi) is 4.26. The highest BCUT2D eigenvalue weighted by Gasteiger charge is 1.94. The number of aryl methyl sites for hydroxylation is 1. The summed E-state index contributed by atoms with van der Waals surface area (Å²) in [6.45, 7) is 0.609. The first-order chi connectivity index (χ1) is 6.68. The second-order valence-corrected chi connectivity index (χ2v) is 3.46. The molecule has 0 bridgehead atoms. The Hall–Kier alpha value is -1.22. The number of urea groups is 1. The maximum absolute atomic E-state index is 10.3. The Morgan fingerprint density at radius 3 is 2.57 bits per heavy atom. The maximum atomic E-state index is 10.3. The van der Waals surface area contributed by atoms with Crippen LogP contribution in [0.3, 0.4) is 0 Å². The predicted octanol–water partition coefficient (Wildman–Crippen LogP) is 1.94. The van der Waals surface area contributed by atoms with Crippen LogP contribution in [-0.4, -0.2) is 12.6 Å². The number of benzene rings is 1. The zero-order valence-electron chi connectivity index (χ0n) is 7.79. The number of halogens is 1. The predicted molar refractivity (Wildman–Crippen MR) is 57.4 cm³/mol. The minimum Gasteiger partial charge on any atom is -0.352 e. The summed E-state index contributed by atoms with van der Waals surface area (Å²) in [5.74, 6) is 0. The van der Waals surface area contributed by atoms with Gasteiger partial charge in [-0.1, -0.05) is 23.7 Å². The van der Waals surface area contributed by atoms with E-state index in [4.69, 9.17) is 17.3 Å². The maximum Gasteiger partial charge on any atom is 0.312 e. The summed E-state index contributed by atoms with van der Waals surface area (Å²) in [5.41, 5.74) is 6.13. The Morgan fingerprint density at radius 2 is 2.00 bits per heavy atom. The van der Waals surface area contributed by atoms with Crippen molar-refractivity contribution in [3.05, 3.63) is 34.9 Å². The second kappa shape index (κ2) is 5.50. The van der Waals surface area contributed by atoms with E-state index in [0.717, 1.165) is 17.9 Å². The molecule has 1 aromatic rings. The molecule has 0 saturated carbocycles. The zero-order chi connectivity index (χ0) is 10.4. The van der Waals surface area contributed by atoms with Crippen molar-refractivity contribution in [1.29, 1.82) is 0 Å². The van der Waals surface area contributed by atoms with Gasteiger partial charge in [0.1, 0.15) is 0 Å². The van der Waals surface area contributed by atoms with Crippen LogP contribution in [0.4, 0.5) is 4.79 Å². The van der Waals surface area contributed by atoms with E-state index >= 15 is 0 Å². The van der Waals surface area contributed by atoms with Crippen LogP contribution in [0, 0.1) is 0 Å². The molecule has 1 aromatic carbocycles. The van der Waals surface area contributed by atoms with Gasteiger partial charge in [0, 0.05) is 11.6 Å². The van der Waals surface area contributed by atoms with E-state index in [9.17, 15) is 4.79 Å². The molecule has 2 amide bonds. The molecule has 0 aromatic heterocycles. The van der Waals surface area contributed by atoms with Crippen molar-refractivity contribution in [2.45, 2.75) is 12.8 Å². The molecule has 14 heavy (non-hydrogen) atoms. The van der Waals surface area contributed by atoms with Crippen LogP contribution in [0.25, 0.3) is 0 Å². The molecule has 3 N–H and O–H groups in total. The molecule has 0 heterocycles. The van der Waals surface area contributed by atoms with E-state index in [0.29, 0.717) is 6.54 Å². The third-order valence-electron chi connectivity index (χ3n) is 1.85. The monoisotopic (exact) mass is 212 g/mol. The fourth-order valence-corrected chi connectivity index (χ4v) is 1.28. The van der Waals surface area contributed by atoms with Crippen LogP contribution in [-0.2, 0) is 6.42 Å². The summed E-state index contributed by atoms with van der Waals surface area (Å²) in [4.78, 5) is 10.3. The lowest BCUT2D eigenvalue weighted by atomic mass is 10.1. The van der Waals surface area contributed by atoms with Crippen LogP contribution in [0.15, 0.2) is 24.3 Å². The number of carbonyl (C=O) groups is 1. The minimum atomic E-state index is -0.471. The first-order valence-electron chi connectivity index (χ1n) is 4.46. The third kappa shape index (κ3) is 4.14. The molecular formula is C10H13ClN2O. The average Bonchev–Trinajstić information content (AvgIpc) is 2.15. The van der Waals surface area contributed by atoms with Gasteiger partial charge in [0.05, 0.1) is 0 Å². The highest BCUT2D eigenvalue weighted by molar-refractivity contribution is 6.30. The summed E-state index contributed by atoms with van der Waals surface area (Å²) < 4.78 is 0. The van der Waals surface area contributed by atoms with E-state index in [-0.39, 0.29) is 0 Å². The molecule has 0 atom stereocenters. The third-order valence-corrected chi connectivity index (χ3v) is 2.11. The number of primary amides is 1. The van der Waals surface area contributed by atoms with Crippen molar-refractivity contribution in [2.24, 2.45) is 5.73 Å². The van der Waals surface area contributed by atoms with Gasteiger partial charge in [0.25, 0.3) is 0 Å². The van der Waals surface area contributed by atoms with Gasteiger partial charge in [-0.15, -0.1) is 0 Å². The minimum absolute atomic E-state index is 0.471. The SMILES string of the molecule is NC(=O)NCCCc1ccc(Cl)cc1. The lowest BCUT2D eigenvalue weighted by Gasteiger charge is -2.02. The lowest BCUT2D eigenvalue weighted by Crippen LogP contribution is -2.30. The Labute approximate surface area is 88.2 Å². The van der Waals surface area contributed by atoms with Crippen molar-refractivity contribution in [3.8, 4) is 0 Å². The number of nitrogens with one attached hydrogen (secondary N) is 1. The molecule has 76 valence electrons. The van der Waals surface area contributed by atoms with E-state index in [1.165, 1.54) is 5.56 Å². The Morgan fingerprint density at radius 1 is 1.36 bits per heavy atom. The number of amides is 2. The summed E-state index contributed by atoms with van der Waals surface area (Å²) in [5, 5.41) is 3.28. The van der Waals surface area contributed by atoms with Crippen LogP contribution in [0.5, 0.6) is 0 Å². The molecule has 0 radical (unpaired) electrons. The van der Waals surface area contributed by atoms with Gasteiger partial charge < -0.3 is 11.1 Å². The molecule has 0 fully saturated rings. The quantitative estimate of drug-likeness (QED) is 0.737. The zero-order valence-corrected chi connectivity index (χ0v) is 8.55.